The van der Waals surface area contributed by atoms with Crippen molar-refractivity contribution in [3.8, 4) is 112 Å². The van der Waals surface area contributed by atoms with Crippen LogP contribution >= 0.6 is 0 Å². The maximum absolute atomic E-state index is 5.94. The third-order valence-corrected chi connectivity index (χ3v) is 20.1. The first kappa shape index (κ1) is 98.5. The van der Waals surface area contributed by atoms with Crippen LogP contribution in [0.15, 0.2) is 423 Å². The summed E-state index contributed by atoms with van der Waals surface area (Å²) in [6.07, 6.45) is 16.5. The van der Waals surface area contributed by atoms with Crippen molar-refractivity contribution in [2.24, 2.45) is 0 Å². The van der Waals surface area contributed by atoms with Gasteiger partial charge in [0.1, 0.15) is 0 Å². The summed E-state index contributed by atoms with van der Waals surface area (Å²) in [5.41, 5.74) is 30.1. The molecule has 132 heavy (non-hydrogen) atoms. The number of hydrogen-bond donors (Lipinski definition) is 0. The maximum atomic E-state index is 5.94. The zero-order chi connectivity index (χ0) is 87.9. The first-order valence-electron chi connectivity index (χ1n) is 41.8. The first-order chi connectivity index (χ1) is 63.0. The van der Waals surface area contributed by atoms with E-state index >= 15 is 0 Å². The number of nitrogens with zero attached hydrogens (tertiary/aromatic N) is 10. The van der Waals surface area contributed by atoms with E-state index in [1.165, 1.54) is 50.1 Å². The number of aromatic nitrogens is 10. The van der Waals surface area contributed by atoms with E-state index in [0.717, 1.165) is 128 Å². The average Bonchev–Trinajstić information content (AvgIpc) is 1.62. The number of benzene rings is 10. The van der Waals surface area contributed by atoms with Crippen molar-refractivity contribution in [3.05, 3.63) is 496 Å². The van der Waals surface area contributed by atoms with Crippen LogP contribution in [-0.4, -0.2) is 49.8 Å². The summed E-state index contributed by atoms with van der Waals surface area (Å²) in [6, 6.07) is 143. The molecule has 0 saturated heterocycles. The second kappa shape index (κ2) is 50.7. The fraction of sp³-hybridized carbons (Fsp3) is 0.0517. The molecule has 0 atom stereocenters. The summed E-state index contributed by atoms with van der Waals surface area (Å²) < 4.78 is 11.8. The second-order valence-corrected chi connectivity index (χ2v) is 29.6. The van der Waals surface area contributed by atoms with Crippen LogP contribution in [0, 0.1) is 90.1 Å². The van der Waals surface area contributed by atoms with Crippen molar-refractivity contribution in [1.82, 2.24) is 49.8 Å². The summed E-state index contributed by atoms with van der Waals surface area (Å²) in [5, 5.41) is 4.13. The fourth-order valence-electron chi connectivity index (χ4n) is 13.5. The third-order valence-electron chi connectivity index (χ3n) is 20.1. The van der Waals surface area contributed by atoms with E-state index in [9.17, 15) is 0 Å². The Kier molecular flexibility index (Phi) is 37.9. The summed E-state index contributed by atoms with van der Waals surface area (Å²) in [5.74, 6) is 0. The molecule has 22 aromatic rings. The van der Waals surface area contributed by atoms with Gasteiger partial charge in [-0.3, -0.25) is 0 Å². The molecule has 12 heterocycles. The number of furan rings is 2. The van der Waals surface area contributed by atoms with Crippen molar-refractivity contribution in [3.63, 3.8) is 0 Å². The molecule has 0 saturated carbocycles. The largest absolute Gasteiger partial charge is 0.486 e. The monoisotopic (exact) mass is 2420 g/mol. The Morgan fingerprint density at radius 1 is 0.220 bits per heavy atom. The minimum Gasteiger partial charge on any atom is -0.486 e. The van der Waals surface area contributed by atoms with E-state index in [1.54, 1.807) is 18.6 Å². The maximum Gasteiger partial charge on any atom is 0.216 e. The summed E-state index contributed by atoms with van der Waals surface area (Å²) in [4.78, 5) is 43.7. The van der Waals surface area contributed by atoms with Gasteiger partial charge in [-0.25, -0.2) is 9.97 Å². The van der Waals surface area contributed by atoms with E-state index in [1.807, 2.05) is 369 Å². The Labute approximate surface area is 825 Å². The standard InChI is InChI=1S/C18H14N.C17H11N2O.C17H12N.C16H9N2O.4C12H10N.4Ir/c1-14-12-18(16-10-6-3-7-11-16)19-13-17(14)15-8-4-2-5-9-15;1-11-8-9-13-12-5-4-6-14(15-7-2-3-10-18-15)16(12)20-17(13)19-11;1-3-7-14(8-4-1)16-11-12-18-17(13-16)15-9-5-2-6-10-15;1-2-9-17-14(8-1)13-6-3-5-11-12-7-4-10-18-16(12)19-15(11)13;4*1-10-7-8-12(13-9-10)11-5-3-2-4-6-11;;;;/h2-10,12-13H,1H3;2-5,7-10H,1H3;1-9,11-13H;1-5,7-10H;4*2-5,7-9H,1H3;;;;/q8*-1;;;;. The minimum atomic E-state index is 0. The van der Waals surface area contributed by atoms with Gasteiger partial charge in [-0.2, -0.15) is 0 Å². The molecule has 0 unspecified atom stereocenters. The van der Waals surface area contributed by atoms with Crippen molar-refractivity contribution < 1.29 is 89.3 Å². The molecule has 0 bridgehead atoms. The first-order valence-corrected chi connectivity index (χ1v) is 41.8. The Morgan fingerprint density at radius 3 is 0.955 bits per heavy atom. The van der Waals surface area contributed by atoms with E-state index in [2.05, 4.69) is 166 Å². The van der Waals surface area contributed by atoms with E-state index < -0.39 is 0 Å². The minimum absolute atomic E-state index is 0. The summed E-state index contributed by atoms with van der Waals surface area (Å²) in [6.45, 7) is 12.2. The molecule has 22 rings (SSSR count). The molecule has 10 aromatic carbocycles. The fourth-order valence-corrected chi connectivity index (χ4v) is 13.5. The number of rotatable bonds is 10. The Hall–Kier alpha value is -14.1. The number of pyridine rings is 10. The molecule has 0 aliphatic rings. The topological polar surface area (TPSA) is 155 Å². The Bertz CT molecular complexity index is 6800. The van der Waals surface area contributed by atoms with Gasteiger partial charge in [-0.05, 0) is 174 Å². The summed E-state index contributed by atoms with van der Waals surface area (Å²) in [7, 11) is 0. The SMILES string of the molecule is Cc1cc(-c2[c-]cccc2)ncc1-c1ccccc1.Cc1ccc(-c2[c-]cccc2)nc1.Cc1ccc(-c2[c-]cccc2)nc1.Cc1ccc(-c2[c-]cccc2)nc1.Cc1ccc(-c2[c-]cccc2)nc1.Cc1ccc2c(n1)oc1c(-c3ccccn3)[c-]ccc12.[Ir].[Ir].[Ir].[Ir].[c-]1ccc2c(oc3ncccc32)c1-c1ccccn1.[c-]1ccccc1-c1cc(-c2ccccc2)ccn1. The van der Waals surface area contributed by atoms with Gasteiger partial charge in [0.25, 0.3) is 0 Å². The van der Waals surface area contributed by atoms with Crippen LogP contribution in [0.3, 0.4) is 0 Å². The molecule has 656 valence electrons. The van der Waals surface area contributed by atoms with Crippen molar-refractivity contribution >= 4 is 44.1 Å². The van der Waals surface area contributed by atoms with E-state index in [-0.39, 0.29) is 80.4 Å². The molecule has 12 aromatic heterocycles. The molecular weight excluding hydrogens is 2330 g/mol. The van der Waals surface area contributed by atoms with Crippen LogP contribution in [-0.2, 0) is 80.4 Å². The molecular formula is C116H86Ir4N10O2-8. The molecule has 0 spiro atoms. The second-order valence-electron chi connectivity index (χ2n) is 29.6. The molecule has 0 aliphatic carbocycles. The van der Waals surface area contributed by atoms with Crippen molar-refractivity contribution in [1.29, 1.82) is 0 Å². The number of aryl methyl sites for hydroxylation is 6. The predicted octanol–water partition coefficient (Wildman–Crippen LogP) is 28.2. The van der Waals surface area contributed by atoms with Crippen LogP contribution < -0.4 is 0 Å². The quantitative estimate of drug-likeness (QED) is 0.120. The summed E-state index contributed by atoms with van der Waals surface area (Å²) >= 11 is 0. The van der Waals surface area contributed by atoms with Gasteiger partial charge in [0.05, 0.1) is 11.2 Å². The third kappa shape index (κ3) is 27.3. The molecule has 0 N–H and O–H groups in total. The molecule has 0 fully saturated rings. The van der Waals surface area contributed by atoms with Gasteiger partial charge < -0.3 is 48.7 Å². The van der Waals surface area contributed by atoms with Crippen LogP contribution in [0.25, 0.3) is 156 Å². The van der Waals surface area contributed by atoms with Crippen LogP contribution in [0.2, 0.25) is 0 Å². The predicted molar refractivity (Wildman–Crippen MR) is 518 cm³/mol. The van der Waals surface area contributed by atoms with Crippen LogP contribution in [0.5, 0.6) is 0 Å². The van der Waals surface area contributed by atoms with E-state index in [0.29, 0.717) is 11.4 Å². The van der Waals surface area contributed by atoms with Crippen molar-refractivity contribution in [2.75, 3.05) is 0 Å². The number of fused-ring (bicyclic) bond motifs is 6. The zero-order valence-corrected chi connectivity index (χ0v) is 82.5. The molecule has 4 radical (unpaired) electrons. The van der Waals surface area contributed by atoms with Gasteiger partial charge in [-0.1, -0.05) is 167 Å². The normalized spacial score (nSPS) is 10.1. The Balaban J connectivity index is 0.000000146. The molecule has 16 heteroatoms. The van der Waals surface area contributed by atoms with Gasteiger partial charge in [0.15, 0.2) is 0 Å². The Morgan fingerprint density at radius 2 is 0.576 bits per heavy atom. The molecule has 0 aliphatic heterocycles. The van der Waals surface area contributed by atoms with Crippen LogP contribution in [0.4, 0.5) is 0 Å². The molecule has 12 nitrogen and oxygen atoms in total. The average molecular weight is 2420 g/mol. The molecule has 0 amide bonds. The zero-order valence-electron chi connectivity index (χ0n) is 72.9. The van der Waals surface area contributed by atoms with Gasteiger partial charge in [-0.15, -0.1) is 252 Å². The van der Waals surface area contributed by atoms with Crippen LogP contribution in [0.1, 0.15) is 33.5 Å². The smallest absolute Gasteiger partial charge is 0.216 e. The van der Waals surface area contributed by atoms with E-state index in [4.69, 9.17) is 8.83 Å². The van der Waals surface area contributed by atoms with Gasteiger partial charge in [0.2, 0.25) is 11.4 Å². The van der Waals surface area contributed by atoms with Crippen molar-refractivity contribution in [2.45, 2.75) is 41.5 Å². The van der Waals surface area contributed by atoms with Gasteiger partial charge in [0, 0.05) is 158 Å². The number of hydrogen-bond acceptors (Lipinski definition) is 12. The van der Waals surface area contributed by atoms with Gasteiger partial charge >= 0.3 is 0 Å².